The number of amides is 3. The van der Waals surface area contributed by atoms with Crippen molar-refractivity contribution in [2.75, 3.05) is 0 Å². The van der Waals surface area contributed by atoms with E-state index in [0.29, 0.717) is 6.42 Å². The minimum Gasteiger partial charge on any atom is -0.445 e. The normalized spacial score (nSPS) is 12.1. The molecule has 3 amide bonds. The van der Waals surface area contributed by atoms with Crippen LogP contribution in [0.5, 0.6) is 0 Å². The van der Waals surface area contributed by atoms with Crippen molar-refractivity contribution in [1.82, 2.24) is 16.2 Å². The first-order valence-electron chi connectivity index (χ1n) is 10.9. The molecule has 0 fully saturated rings. The number of carbonyl (C=O) groups excluding carboxylic acids is 3. The lowest BCUT2D eigenvalue weighted by Crippen LogP contribution is -2.56. The summed E-state index contributed by atoms with van der Waals surface area (Å²) >= 11 is 0. The number of ether oxygens (including phenoxy) is 1. The van der Waals surface area contributed by atoms with Crippen molar-refractivity contribution in [3.05, 3.63) is 108 Å². The molecule has 0 bridgehead atoms. The summed E-state index contributed by atoms with van der Waals surface area (Å²) in [7, 11) is 0. The molecular formula is C26H28N4O4. The Kier molecular flexibility index (Phi) is 9.19. The Balaban J connectivity index is 1.56. The number of alkyl carbamates (subject to hydrolysis) is 1. The molecule has 0 aliphatic heterocycles. The second-order valence-corrected chi connectivity index (χ2v) is 7.72. The molecule has 2 atom stereocenters. The molecule has 0 saturated carbocycles. The maximum atomic E-state index is 12.8. The fourth-order valence-corrected chi connectivity index (χ4v) is 3.23. The first kappa shape index (κ1) is 24.5. The fraction of sp³-hybridized carbons (Fsp3) is 0.192. The smallest absolute Gasteiger partial charge is 0.408 e. The summed E-state index contributed by atoms with van der Waals surface area (Å²) in [5, 5.41) is 2.57. The molecular weight excluding hydrogens is 432 g/mol. The van der Waals surface area contributed by atoms with E-state index in [4.69, 9.17) is 10.5 Å². The Morgan fingerprint density at radius 1 is 0.676 bits per heavy atom. The second-order valence-electron chi connectivity index (χ2n) is 7.72. The predicted octanol–water partition coefficient (Wildman–Crippen LogP) is 2.24. The summed E-state index contributed by atoms with van der Waals surface area (Å²) in [6.07, 6.45) is -0.217. The number of nitrogens with one attached hydrogen (secondary N) is 3. The van der Waals surface area contributed by atoms with E-state index in [9.17, 15) is 14.4 Å². The Morgan fingerprint density at radius 2 is 1.15 bits per heavy atom. The van der Waals surface area contributed by atoms with Crippen molar-refractivity contribution >= 4 is 17.9 Å². The molecule has 3 aromatic rings. The van der Waals surface area contributed by atoms with Gasteiger partial charge < -0.3 is 15.8 Å². The molecule has 0 saturated heterocycles. The third kappa shape index (κ3) is 8.07. The van der Waals surface area contributed by atoms with E-state index < -0.39 is 30.0 Å². The van der Waals surface area contributed by atoms with E-state index in [1.165, 1.54) is 0 Å². The molecule has 0 radical (unpaired) electrons. The first-order chi connectivity index (χ1) is 16.5. The molecule has 3 rings (SSSR count). The number of hydrazine groups is 1. The van der Waals surface area contributed by atoms with E-state index in [1.54, 1.807) is 0 Å². The average molecular weight is 461 g/mol. The Labute approximate surface area is 198 Å². The standard InChI is InChI=1S/C26H28N4O4/c27-22(16-19-10-4-1-5-11-19)24(31)29-30-25(32)23(17-20-12-6-2-7-13-20)28-26(33)34-18-21-14-8-3-9-15-21/h1-15,22-23H,16-18,27H2,(H,28,33)(H,29,31)(H,30,32). The molecule has 0 aliphatic carbocycles. The molecule has 8 heteroatoms. The van der Waals surface area contributed by atoms with Crippen LogP contribution in [0.3, 0.4) is 0 Å². The Morgan fingerprint density at radius 3 is 1.71 bits per heavy atom. The number of carbonyl (C=O) groups is 3. The minimum atomic E-state index is -0.976. The van der Waals surface area contributed by atoms with Gasteiger partial charge in [0.25, 0.3) is 11.8 Å². The molecule has 0 spiro atoms. The monoisotopic (exact) mass is 460 g/mol. The van der Waals surface area contributed by atoms with Crippen molar-refractivity contribution in [3.63, 3.8) is 0 Å². The van der Waals surface area contributed by atoms with Crippen LogP contribution in [-0.2, 0) is 33.8 Å². The summed E-state index contributed by atoms with van der Waals surface area (Å²) in [5.74, 6) is -1.14. The maximum Gasteiger partial charge on any atom is 0.408 e. The van der Waals surface area contributed by atoms with Gasteiger partial charge in [0, 0.05) is 6.42 Å². The zero-order valence-corrected chi connectivity index (χ0v) is 18.6. The third-order valence-corrected chi connectivity index (χ3v) is 5.05. The Bertz CT molecular complexity index is 1060. The highest BCUT2D eigenvalue weighted by molar-refractivity contribution is 5.89. The molecule has 5 N–H and O–H groups in total. The molecule has 176 valence electrons. The zero-order chi connectivity index (χ0) is 24.2. The van der Waals surface area contributed by atoms with Crippen molar-refractivity contribution in [3.8, 4) is 0 Å². The lowest BCUT2D eigenvalue weighted by molar-refractivity contribution is -0.130. The highest BCUT2D eigenvalue weighted by Gasteiger charge is 2.23. The van der Waals surface area contributed by atoms with E-state index in [-0.39, 0.29) is 13.0 Å². The van der Waals surface area contributed by atoms with Crippen molar-refractivity contribution < 1.29 is 19.1 Å². The summed E-state index contributed by atoms with van der Waals surface area (Å²) < 4.78 is 5.24. The van der Waals surface area contributed by atoms with Crippen LogP contribution in [0.15, 0.2) is 91.0 Å². The van der Waals surface area contributed by atoms with Crippen molar-refractivity contribution in [2.45, 2.75) is 31.5 Å². The van der Waals surface area contributed by atoms with Gasteiger partial charge in [0.1, 0.15) is 12.6 Å². The number of hydrogen-bond acceptors (Lipinski definition) is 5. The van der Waals surface area contributed by atoms with Crippen LogP contribution in [0.2, 0.25) is 0 Å². The maximum absolute atomic E-state index is 12.8. The molecule has 2 unspecified atom stereocenters. The first-order valence-corrected chi connectivity index (χ1v) is 10.9. The highest BCUT2D eigenvalue weighted by atomic mass is 16.5. The average Bonchev–Trinajstić information content (AvgIpc) is 2.87. The summed E-state index contributed by atoms with van der Waals surface area (Å²) in [6.45, 7) is 0.0669. The number of benzene rings is 3. The topological polar surface area (TPSA) is 123 Å². The van der Waals surface area contributed by atoms with Gasteiger partial charge in [0.15, 0.2) is 0 Å². The minimum absolute atomic E-state index is 0.0669. The van der Waals surface area contributed by atoms with Crippen LogP contribution in [-0.4, -0.2) is 30.0 Å². The lowest BCUT2D eigenvalue weighted by Gasteiger charge is -2.20. The lowest BCUT2D eigenvalue weighted by atomic mass is 10.1. The highest BCUT2D eigenvalue weighted by Crippen LogP contribution is 2.06. The Hall–Kier alpha value is -4.17. The summed E-state index contributed by atoms with van der Waals surface area (Å²) in [6, 6.07) is 25.9. The SMILES string of the molecule is NC(Cc1ccccc1)C(=O)NNC(=O)C(Cc1ccccc1)NC(=O)OCc1ccccc1. The molecule has 34 heavy (non-hydrogen) atoms. The van der Waals surface area contributed by atoms with Gasteiger partial charge in [-0.2, -0.15) is 0 Å². The number of rotatable bonds is 9. The van der Waals surface area contributed by atoms with Crippen molar-refractivity contribution in [2.24, 2.45) is 5.73 Å². The van der Waals surface area contributed by atoms with Crippen LogP contribution in [0, 0.1) is 0 Å². The quantitative estimate of drug-likeness (QED) is 0.365. The largest absolute Gasteiger partial charge is 0.445 e. The molecule has 0 aliphatic rings. The summed E-state index contributed by atoms with van der Waals surface area (Å²) in [5.41, 5.74) is 13.2. The number of hydrogen-bond donors (Lipinski definition) is 4. The predicted molar refractivity (Wildman–Crippen MR) is 128 cm³/mol. The van der Waals surface area contributed by atoms with Gasteiger partial charge in [-0.3, -0.25) is 20.4 Å². The molecule has 3 aromatic carbocycles. The van der Waals surface area contributed by atoms with Crippen LogP contribution in [0.4, 0.5) is 4.79 Å². The van der Waals surface area contributed by atoms with Crippen LogP contribution in [0.1, 0.15) is 16.7 Å². The van der Waals surface area contributed by atoms with Gasteiger partial charge in [-0.25, -0.2) is 4.79 Å². The van der Waals surface area contributed by atoms with E-state index in [1.807, 2.05) is 91.0 Å². The molecule has 0 aromatic heterocycles. The van der Waals surface area contributed by atoms with Gasteiger partial charge in [0.05, 0.1) is 6.04 Å². The van der Waals surface area contributed by atoms with E-state index in [0.717, 1.165) is 16.7 Å². The van der Waals surface area contributed by atoms with Gasteiger partial charge in [0.2, 0.25) is 0 Å². The van der Waals surface area contributed by atoms with Gasteiger partial charge >= 0.3 is 6.09 Å². The fourth-order valence-electron chi connectivity index (χ4n) is 3.23. The van der Waals surface area contributed by atoms with Crippen LogP contribution in [0.25, 0.3) is 0 Å². The number of nitrogens with two attached hydrogens (primary N) is 1. The van der Waals surface area contributed by atoms with Gasteiger partial charge in [-0.1, -0.05) is 91.0 Å². The zero-order valence-electron chi connectivity index (χ0n) is 18.6. The second kappa shape index (κ2) is 12.8. The van der Waals surface area contributed by atoms with Gasteiger partial charge in [-0.15, -0.1) is 0 Å². The molecule has 0 heterocycles. The van der Waals surface area contributed by atoms with E-state index in [2.05, 4.69) is 16.2 Å². The van der Waals surface area contributed by atoms with E-state index >= 15 is 0 Å². The summed E-state index contributed by atoms with van der Waals surface area (Å²) in [4.78, 5) is 37.5. The van der Waals surface area contributed by atoms with Crippen LogP contribution >= 0.6 is 0 Å². The van der Waals surface area contributed by atoms with Crippen LogP contribution < -0.4 is 21.9 Å². The molecule has 8 nitrogen and oxygen atoms in total. The third-order valence-electron chi connectivity index (χ3n) is 5.05. The van der Waals surface area contributed by atoms with Gasteiger partial charge in [-0.05, 0) is 23.1 Å². The van der Waals surface area contributed by atoms with Crippen molar-refractivity contribution in [1.29, 1.82) is 0 Å².